The third-order valence-electron chi connectivity index (χ3n) is 3.62. The van der Waals surface area contributed by atoms with Crippen molar-refractivity contribution in [2.24, 2.45) is 0 Å². The second-order valence-corrected chi connectivity index (χ2v) is 6.54. The lowest BCUT2D eigenvalue weighted by molar-refractivity contribution is -0.269. The van der Waals surface area contributed by atoms with Crippen molar-refractivity contribution in [2.45, 2.75) is 65.3 Å². The van der Waals surface area contributed by atoms with Crippen LogP contribution in [0.1, 0.15) is 34.6 Å². The molecule has 0 unspecified atom stereocenters. The number of carbonyl (C=O) groups excluding carboxylic acids is 4. The van der Waals surface area contributed by atoms with E-state index in [0.29, 0.717) is 6.54 Å². The Morgan fingerprint density at radius 3 is 1.93 bits per heavy atom. The first-order chi connectivity index (χ1) is 13.5. The van der Waals surface area contributed by atoms with E-state index >= 15 is 0 Å². The van der Waals surface area contributed by atoms with Crippen molar-refractivity contribution in [1.29, 1.82) is 0 Å². The lowest BCUT2D eigenvalue weighted by Gasteiger charge is -2.44. The highest BCUT2D eigenvalue weighted by Crippen LogP contribution is 2.28. The highest BCUT2D eigenvalue weighted by Gasteiger charge is 2.52. The number of hydrogen-bond acceptors (Lipinski definition) is 10. The molecule has 0 spiro atoms. The third-order valence-corrected chi connectivity index (χ3v) is 3.88. The van der Waals surface area contributed by atoms with Gasteiger partial charge in [0.05, 0.1) is 0 Å². The van der Waals surface area contributed by atoms with Gasteiger partial charge >= 0.3 is 23.9 Å². The van der Waals surface area contributed by atoms with E-state index < -0.39 is 54.5 Å². The second kappa shape index (κ2) is 11.5. The first-order valence-electron chi connectivity index (χ1n) is 8.90. The molecule has 0 bridgehead atoms. The molecule has 5 atom stereocenters. The van der Waals surface area contributed by atoms with Gasteiger partial charge in [-0.25, -0.2) is 0 Å². The van der Waals surface area contributed by atoms with E-state index in [2.05, 4.69) is 10.6 Å². The van der Waals surface area contributed by atoms with E-state index in [4.69, 9.17) is 35.9 Å². The molecular formula is C17H26N2O9S. The molecule has 12 heteroatoms. The summed E-state index contributed by atoms with van der Waals surface area (Å²) in [4.78, 5) is 46.2. The Balaban J connectivity index is 3.31. The predicted octanol–water partition coefficient (Wildman–Crippen LogP) is -0.446. The third kappa shape index (κ3) is 8.20. The first-order valence-corrected chi connectivity index (χ1v) is 9.30. The largest absolute Gasteiger partial charge is 0.463 e. The van der Waals surface area contributed by atoms with Gasteiger partial charge in [-0.2, -0.15) is 0 Å². The van der Waals surface area contributed by atoms with E-state index in [1.54, 1.807) is 0 Å². The standard InChI is InChI=1S/C17H26N2O9S/c1-6-18-17(29)19-13-15(26-10(4)22)14(25-9(3)21)12(7-24-8(2)20)28-16(13)27-11(5)23/h12-16H,6-7H2,1-5H3,(H2,18,19,29)/t12-,13-,14-,15-,16+/m1/s1. The smallest absolute Gasteiger partial charge is 0.305 e. The number of ether oxygens (including phenoxy) is 5. The van der Waals surface area contributed by atoms with Crippen molar-refractivity contribution < 1.29 is 42.9 Å². The topological polar surface area (TPSA) is 138 Å². The number of carbonyl (C=O) groups is 4. The van der Waals surface area contributed by atoms with Gasteiger partial charge in [-0.15, -0.1) is 0 Å². The molecule has 0 aromatic carbocycles. The minimum Gasteiger partial charge on any atom is -0.463 e. The molecule has 1 heterocycles. The fourth-order valence-corrected chi connectivity index (χ4v) is 2.96. The summed E-state index contributed by atoms with van der Waals surface area (Å²) in [5, 5.41) is 5.89. The predicted molar refractivity (Wildman–Crippen MR) is 101 cm³/mol. The van der Waals surface area contributed by atoms with E-state index in [9.17, 15) is 19.2 Å². The fourth-order valence-electron chi connectivity index (χ4n) is 2.68. The Bertz CT molecular complexity index is 642. The average molecular weight is 434 g/mol. The normalized spacial score (nSPS) is 25.9. The van der Waals surface area contributed by atoms with E-state index in [1.807, 2.05) is 6.92 Å². The monoisotopic (exact) mass is 434 g/mol. The number of rotatable bonds is 7. The van der Waals surface area contributed by atoms with Gasteiger partial charge in [0.15, 0.2) is 17.3 Å². The zero-order valence-electron chi connectivity index (χ0n) is 16.9. The molecule has 0 amide bonds. The van der Waals surface area contributed by atoms with Gasteiger partial charge in [0, 0.05) is 34.2 Å². The Morgan fingerprint density at radius 2 is 1.45 bits per heavy atom. The maximum Gasteiger partial charge on any atom is 0.305 e. The molecule has 0 aromatic rings. The number of nitrogens with one attached hydrogen (secondary N) is 2. The summed E-state index contributed by atoms with van der Waals surface area (Å²) in [6.45, 7) is 6.68. The van der Waals surface area contributed by atoms with Crippen LogP contribution in [0.15, 0.2) is 0 Å². The summed E-state index contributed by atoms with van der Waals surface area (Å²) in [5.41, 5.74) is 0. The van der Waals surface area contributed by atoms with Crippen LogP contribution in [0, 0.1) is 0 Å². The molecule has 1 aliphatic rings. The van der Waals surface area contributed by atoms with Gasteiger partial charge < -0.3 is 34.3 Å². The molecule has 11 nitrogen and oxygen atoms in total. The Kier molecular flexibility index (Phi) is 9.75. The van der Waals surface area contributed by atoms with Gasteiger partial charge in [0.25, 0.3) is 0 Å². The van der Waals surface area contributed by atoms with Gasteiger partial charge in [0.2, 0.25) is 6.29 Å². The Hall–Kier alpha value is -2.47. The molecule has 1 fully saturated rings. The number of thiocarbonyl (C=S) groups is 1. The maximum absolute atomic E-state index is 11.7. The van der Waals surface area contributed by atoms with Gasteiger partial charge in [0.1, 0.15) is 18.8 Å². The molecule has 1 aliphatic heterocycles. The van der Waals surface area contributed by atoms with Crippen LogP contribution in [0.5, 0.6) is 0 Å². The Labute approximate surface area is 173 Å². The van der Waals surface area contributed by atoms with Crippen molar-refractivity contribution in [3.05, 3.63) is 0 Å². The van der Waals surface area contributed by atoms with Crippen molar-refractivity contribution in [1.82, 2.24) is 10.6 Å². The highest BCUT2D eigenvalue weighted by molar-refractivity contribution is 7.80. The van der Waals surface area contributed by atoms with Crippen molar-refractivity contribution >= 4 is 41.2 Å². The van der Waals surface area contributed by atoms with Crippen LogP contribution in [0.3, 0.4) is 0 Å². The van der Waals surface area contributed by atoms with E-state index in [-0.39, 0.29) is 11.7 Å². The lowest BCUT2D eigenvalue weighted by Crippen LogP contribution is -2.67. The van der Waals surface area contributed by atoms with Gasteiger partial charge in [-0.3, -0.25) is 19.2 Å². The van der Waals surface area contributed by atoms with E-state index in [0.717, 1.165) is 6.92 Å². The number of esters is 4. The molecule has 0 saturated carbocycles. The maximum atomic E-state index is 11.7. The molecule has 2 N–H and O–H groups in total. The quantitative estimate of drug-likeness (QED) is 0.305. The van der Waals surface area contributed by atoms with Crippen LogP contribution < -0.4 is 10.6 Å². The molecule has 29 heavy (non-hydrogen) atoms. The summed E-state index contributed by atoms with van der Waals surface area (Å²) in [5.74, 6) is -2.63. The average Bonchev–Trinajstić information content (AvgIpc) is 2.57. The fraction of sp³-hybridized carbons (Fsp3) is 0.706. The molecule has 0 aromatic heterocycles. The second-order valence-electron chi connectivity index (χ2n) is 6.13. The SMILES string of the molecule is CCNC(=S)N[C@H]1[C@@H](OC(C)=O)O[C@H](COC(C)=O)[C@@H](OC(C)=O)[C@@H]1OC(C)=O. The van der Waals surface area contributed by atoms with Crippen LogP contribution >= 0.6 is 12.2 Å². The van der Waals surface area contributed by atoms with Crippen molar-refractivity contribution in [3.8, 4) is 0 Å². The van der Waals surface area contributed by atoms with Crippen molar-refractivity contribution in [3.63, 3.8) is 0 Å². The number of hydrogen-bond donors (Lipinski definition) is 2. The van der Waals surface area contributed by atoms with Gasteiger partial charge in [-0.1, -0.05) is 0 Å². The lowest BCUT2D eigenvalue weighted by atomic mass is 9.96. The summed E-state index contributed by atoms with van der Waals surface area (Å²) in [6, 6.07) is -1.01. The summed E-state index contributed by atoms with van der Waals surface area (Å²) in [6.07, 6.45) is -4.67. The molecule has 1 rings (SSSR count). The van der Waals surface area contributed by atoms with Gasteiger partial charge in [-0.05, 0) is 19.1 Å². The molecular weight excluding hydrogens is 408 g/mol. The minimum atomic E-state index is -1.28. The van der Waals surface area contributed by atoms with Crippen LogP contribution in [0.4, 0.5) is 0 Å². The van der Waals surface area contributed by atoms with E-state index in [1.165, 1.54) is 20.8 Å². The molecule has 164 valence electrons. The van der Waals surface area contributed by atoms with Crippen LogP contribution in [0.25, 0.3) is 0 Å². The first kappa shape index (κ1) is 24.6. The summed E-state index contributed by atoms with van der Waals surface area (Å²) >= 11 is 5.17. The molecule has 0 aliphatic carbocycles. The minimum absolute atomic E-state index is 0.176. The zero-order valence-corrected chi connectivity index (χ0v) is 17.7. The molecule has 1 saturated heterocycles. The zero-order chi connectivity index (χ0) is 22.1. The van der Waals surface area contributed by atoms with Crippen LogP contribution in [-0.2, 0) is 42.9 Å². The van der Waals surface area contributed by atoms with Crippen molar-refractivity contribution in [2.75, 3.05) is 13.2 Å². The summed E-state index contributed by atoms with van der Waals surface area (Å²) in [7, 11) is 0. The van der Waals surface area contributed by atoms with Crippen LogP contribution in [0.2, 0.25) is 0 Å². The Morgan fingerprint density at radius 1 is 0.897 bits per heavy atom. The molecule has 0 radical (unpaired) electrons. The highest BCUT2D eigenvalue weighted by atomic mass is 32.1. The van der Waals surface area contributed by atoms with Crippen LogP contribution in [-0.4, -0.2) is 72.8 Å². The summed E-state index contributed by atoms with van der Waals surface area (Å²) < 4.78 is 26.6.